The number of carbonyl (C=O) groups excluding carboxylic acids is 1. The minimum atomic E-state index is -1.22. The number of anilines is 1. The topological polar surface area (TPSA) is 176 Å². The maximum absolute atomic E-state index is 14.5. The minimum absolute atomic E-state index is 0.134. The molecule has 3 aromatic carbocycles. The van der Waals surface area contributed by atoms with Crippen LogP contribution in [0.15, 0.2) is 78.9 Å². The van der Waals surface area contributed by atoms with Crippen molar-refractivity contribution in [3.63, 3.8) is 0 Å². The fraction of sp³-hybridized carbons (Fsp3) is 0.500. The number of carboxylic acids is 1. The molecular formula is C48H65FN2O12. The Balaban J connectivity index is 1.37. The quantitative estimate of drug-likeness (QED) is 0.0355. The second-order valence-electron chi connectivity index (χ2n) is 15.1. The molecule has 4 rings (SSSR count). The number of aromatic nitrogens is 1. The van der Waals surface area contributed by atoms with E-state index in [4.69, 9.17) is 38.3 Å². The molecule has 0 aliphatic rings. The fourth-order valence-electron chi connectivity index (χ4n) is 6.88. The highest BCUT2D eigenvalue weighted by Gasteiger charge is 2.31. The first kappa shape index (κ1) is 50.9. The van der Waals surface area contributed by atoms with E-state index in [9.17, 15) is 24.2 Å². The lowest BCUT2D eigenvalue weighted by Gasteiger charge is -2.20. The van der Waals surface area contributed by atoms with Crippen molar-refractivity contribution >= 4 is 17.6 Å². The smallest absolute Gasteiger partial charge is 0.305 e. The molecule has 0 spiro atoms. The summed E-state index contributed by atoms with van der Waals surface area (Å²) in [6.45, 7) is 12.5. The van der Waals surface area contributed by atoms with Gasteiger partial charge < -0.3 is 58.4 Å². The van der Waals surface area contributed by atoms with Crippen LogP contribution >= 0.6 is 0 Å². The number of aliphatic hydroxyl groups excluding tert-OH is 2. The van der Waals surface area contributed by atoms with E-state index in [-0.39, 0.29) is 31.2 Å². The van der Waals surface area contributed by atoms with Crippen molar-refractivity contribution in [3.8, 4) is 28.1 Å². The van der Waals surface area contributed by atoms with Gasteiger partial charge in [0, 0.05) is 30.1 Å². The molecule has 15 heteroatoms. The number of aliphatic carboxylic acids is 1. The molecule has 0 saturated carbocycles. The SMILES string of the molecule is CCCOCCOCCOCCOCCOCCOCCOc1ccc(-c2c(C(=O)Nc3ccccc3)c(C(C)C)n(CC[C@@H](O)C[C@@H](O)CC(=O)O)c2-c2ccc(F)cc2)cc1. The highest BCUT2D eigenvalue weighted by molar-refractivity contribution is 6.12. The Labute approximate surface area is 370 Å². The molecule has 1 aromatic heterocycles. The Kier molecular flexibility index (Phi) is 23.3. The second kappa shape index (κ2) is 28.9. The largest absolute Gasteiger partial charge is 0.491 e. The summed E-state index contributed by atoms with van der Waals surface area (Å²) >= 11 is 0. The van der Waals surface area contributed by atoms with Crippen LogP contribution in [-0.4, -0.2) is 130 Å². The van der Waals surface area contributed by atoms with E-state index in [0.29, 0.717) is 124 Å². The van der Waals surface area contributed by atoms with Crippen molar-refractivity contribution in [3.05, 3.63) is 95.9 Å². The van der Waals surface area contributed by atoms with Crippen molar-refractivity contribution in [1.82, 2.24) is 4.57 Å². The molecule has 0 bridgehead atoms. The number of rotatable bonds is 33. The number of nitrogens with one attached hydrogen (secondary N) is 1. The number of carboxylic acid groups (broad SMARTS) is 1. The van der Waals surface area contributed by atoms with Crippen LogP contribution in [0.3, 0.4) is 0 Å². The number of hydrogen-bond acceptors (Lipinski definition) is 11. The molecule has 0 saturated heterocycles. The van der Waals surface area contributed by atoms with E-state index in [0.717, 1.165) is 13.0 Å². The molecule has 346 valence electrons. The minimum Gasteiger partial charge on any atom is -0.491 e. The normalized spacial score (nSPS) is 12.4. The first-order chi connectivity index (χ1) is 30.6. The van der Waals surface area contributed by atoms with Gasteiger partial charge in [-0.1, -0.05) is 51.1 Å². The Bertz CT molecular complexity index is 1890. The van der Waals surface area contributed by atoms with Crippen LogP contribution in [0, 0.1) is 5.82 Å². The molecule has 4 N–H and O–H groups in total. The number of amides is 1. The van der Waals surface area contributed by atoms with Crippen LogP contribution in [0.4, 0.5) is 10.1 Å². The zero-order chi connectivity index (χ0) is 45.2. The first-order valence-corrected chi connectivity index (χ1v) is 21.7. The molecule has 4 aromatic rings. The predicted molar refractivity (Wildman–Crippen MR) is 238 cm³/mol. The summed E-state index contributed by atoms with van der Waals surface area (Å²) in [6, 6.07) is 22.5. The van der Waals surface area contributed by atoms with Gasteiger partial charge in [0.05, 0.1) is 103 Å². The van der Waals surface area contributed by atoms with Gasteiger partial charge in [0.25, 0.3) is 5.91 Å². The van der Waals surface area contributed by atoms with Gasteiger partial charge in [0.15, 0.2) is 0 Å². The third kappa shape index (κ3) is 18.1. The van der Waals surface area contributed by atoms with Crippen LogP contribution in [0.25, 0.3) is 22.4 Å². The molecule has 0 aliphatic carbocycles. The Morgan fingerprint density at radius 2 is 1.17 bits per heavy atom. The molecule has 14 nitrogen and oxygen atoms in total. The standard InChI is InChI=1S/C48H65FN2O12/c1-4-20-57-21-22-58-23-24-59-25-26-60-27-28-61-29-30-62-31-32-63-42-16-12-36(13-17-42)44-45(48(56)50-39-8-6-5-7-9-39)46(35(2)3)51(47(44)37-10-14-38(49)15-11-37)19-18-40(52)33-41(53)34-43(54)55/h5-17,35,40-41,52-53H,4,18-34H2,1-3H3,(H,50,56)(H,54,55)/t40-,41-/m1/s1. The van der Waals surface area contributed by atoms with Gasteiger partial charge >= 0.3 is 5.97 Å². The van der Waals surface area contributed by atoms with Crippen molar-refractivity contribution in [2.45, 2.75) is 71.1 Å². The first-order valence-electron chi connectivity index (χ1n) is 21.7. The summed E-state index contributed by atoms with van der Waals surface area (Å²) in [5, 5.41) is 33.3. The zero-order valence-corrected chi connectivity index (χ0v) is 36.8. The van der Waals surface area contributed by atoms with Gasteiger partial charge in [-0.3, -0.25) is 9.59 Å². The van der Waals surface area contributed by atoms with Gasteiger partial charge in [-0.15, -0.1) is 0 Å². The average Bonchev–Trinajstić information content (AvgIpc) is 3.61. The fourth-order valence-corrected chi connectivity index (χ4v) is 6.88. The summed E-state index contributed by atoms with van der Waals surface area (Å²) in [4.78, 5) is 25.6. The van der Waals surface area contributed by atoms with Crippen LogP contribution in [-0.2, 0) is 39.8 Å². The Morgan fingerprint density at radius 1 is 0.667 bits per heavy atom. The third-order valence-corrected chi connectivity index (χ3v) is 9.72. The van der Waals surface area contributed by atoms with Gasteiger partial charge in [-0.05, 0) is 84.8 Å². The van der Waals surface area contributed by atoms with E-state index in [2.05, 4.69) is 12.2 Å². The van der Waals surface area contributed by atoms with E-state index in [1.165, 1.54) is 12.1 Å². The maximum Gasteiger partial charge on any atom is 0.305 e. The summed E-state index contributed by atoms with van der Waals surface area (Å²) in [5.74, 6) is -1.53. The van der Waals surface area contributed by atoms with Crippen molar-refractivity contribution < 1.29 is 62.5 Å². The molecule has 1 heterocycles. The van der Waals surface area contributed by atoms with Crippen molar-refractivity contribution in [2.75, 3.05) is 91.2 Å². The molecule has 0 radical (unpaired) electrons. The number of halogens is 1. The van der Waals surface area contributed by atoms with Gasteiger partial charge in [0.2, 0.25) is 0 Å². The van der Waals surface area contributed by atoms with Gasteiger partial charge in [-0.25, -0.2) is 4.39 Å². The monoisotopic (exact) mass is 880 g/mol. The number of nitrogens with zero attached hydrogens (tertiary/aromatic N) is 1. The maximum atomic E-state index is 14.5. The number of hydrogen-bond donors (Lipinski definition) is 4. The molecule has 63 heavy (non-hydrogen) atoms. The Morgan fingerprint density at radius 3 is 1.68 bits per heavy atom. The highest BCUT2D eigenvalue weighted by Crippen LogP contribution is 2.43. The molecule has 0 aliphatic heterocycles. The van der Waals surface area contributed by atoms with Crippen molar-refractivity contribution in [1.29, 1.82) is 0 Å². The van der Waals surface area contributed by atoms with E-state index in [1.807, 2.05) is 60.9 Å². The van der Waals surface area contributed by atoms with Crippen LogP contribution in [0.2, 0.25) is 0 Å². The number of aliphatic hydroxyl groups is 2. The average molecular weight is 881 g/mol. The third-order valence-electron chi connectivity index (χ3n) is 9.72. The number of carbonyl (C=O) groups is 2. The molecule has 0 unspecified atom stereocenters. The lowest BCUT2D eigenvalue weighted by atomic mass is 9.94. The molecular weight excluding hydrogens is 816 g/mol. The highest BCUT2D eigenvalue weighted by atomic mass is 19.1. The molecule has 1 amide bonds. The summed E-state index contributed by atoms with van der Waals surface area (Å²) in [6.07, 6.45) is -1.73. The Hall–Kier alpha value is -4.71. The van der Waals surface area contributed by atoms with Crippen LogP contribution < -0.4 is 10.1 Å². The van der Waals surface area contributed by atoms with Gasteiger partial charge in [-0.2, -0.15) is 0 Å². The van der Waals surface area contributed by atoms with Crippen molar-refractivity contribution in [2.24, 2.45) is 0 Å². The predicted octanol–water partition coefficient (Wildman–Crippen LogP) is 7.20. The van der Waals surface area contributed by atoms with Crippen LogP contribution in [0.5, 0.6) is 5.75 Å². The van der Waals surface area contributed by atoms with E-state index >= 15 is 0 Å². The molecule has 2 atom stereocenters. The van der Waals surface area contributed by atoms with Crippen LogP contribution in [0.1, 0.15) is 68.4 Å². The van der Waals surface area contributed by atoms with E-state index in [1.54, 1.807) is 24.3 Å². The number of benzene rings is 3. The number of para-hydroxylation sites is 1. The number of ether oxygens (including phenoxy) is 7. The molecule has 0 fully saturated rings. The summed E-state index contributed by atoms with van der Waals surface area (Å²) in [7, 11) is 0. The second-order valence-corrected chi connectivity index (χ2v) is 15.1. The summed E-state index contributed by atoms with van der Waals surface area (Å²) in [5.41, 5.74) is 4.31. The van der Waals surface area contributed by atoms with Gasteiger partial charge in [0.1, 0.15) is 18.2 Å². The zero-order valence-electron chi connectivity index (χ0n) is 36.8. The lowest BCUT2D eigenvalue weighted by Crippen LogP contribution is -2.22. The lowest BCUT2D eigenvalue weighted by molar-refractivity contribution is -0.139. The van der Waals surface area contributed by atoms with E-state index < -0.39 is 30.4 Å². The summed E-state index contributed by atoms with van der Waals surface area (Å²) < 4.78 is 55.4.